The summed E-state index contributed by atoms with van der Waals surface area (Å²) in [7, 11) is -3.81. The van der Waals surface area contributed by atoms with Crippen LogP contribution in [0.15, 0.2) is 63.2 Å². The van der Waals surface area contributed by atoms with E-state index in [0.29, 0.717) is 0 Å². The Kier molecular flexibility index (Phi) is 4.09. The lowest BCUT2D eigenvalue weighted by atomic mass is 10.1. The predicted octanol–water partition coefficient (Wildman–Crippen LogP) is 1.22. The van der Waals surface area contributed by atoms with Crippen LogP contribution in [-0.4, -0.2) is 35.2 Å². The van der Waals surface area contributed by atoms with Crippen LogP contribution in [0.25, 0.3) is 0 Å². The van der Waals surface area contributed by atoms with Crippen LogP contribution in [0, 0.1) is 0 Å². The first-order valence-electron chi connectivity index (χ1n) is 6.80. The third-order valence-corrected chi connectivity index (χ3v) is 4.80. The Morgan fingerprint density at radius 3 is 2.50 bits per heavy atom. The SMILES string of the molecule is O=C(Cc1ccc(S(=O)(=O)c2ccccc2)o1)C(=O)c1nc[nH]n1. The molecule has 3 rings (SSSR count). The Morgan fingerprint density at radius 2 is 1.83 bits per heavy atom. The number of H-pyrrole nitrogens is 1. The van der Waals surface area contributed by atoms with Crippen molar-refractivity contribution in [1.29, 1.82) is 0 Å². The minimum atomic E-state index is -3.81. The summed E-state index contributed by atoms with van der Waals surface area (Å²) in [5, 5.41) is 5.57. The highest BCUT2D eigenvalue weighted by Crippen LogP contribution is 2.23. The molecule has 8 nitrogen and oxygen atoms in total. The van der Waals surface area contributed by atoms with Gasteiger partial charge in [0.05, 0.1) is 11.3 Å². The maximum absolute atomic E-state index is 12.4. The molecular weight excluding hydrogens is 334 g/mol. The largest absolute Gasteiger partial charge is 0.449 e. The zero-order valence-corrected chi connectivity index (χ0v) is 13.0. The average Bonchev–Trinajstić information content (AvgIpc) is 3.27. The smallest absolute Gasteiger partial charge is 0.268 e. The molecule has 0 saturated carbocycles. The summed E-state index contributed by atoms with van der Waals surface area (Å²) in [4.78, 5) is 27.3. The molecule has 0 spiro atoms. The Hall–Kier alpha value is -3.07. The second kappa shape index (κ2) is 6.20. The van der Waals surface area contributed by atoms with E-state index in [2.05, 4.69) is 15.2 Å². The number of aromatic amines is 1. The average molecular weight is 345 g/mol. The molecule has 0 atom stereocenters. The van der Waals surface area contributed by atoms with Gasteiger partial charge in [-0.25, -0.2) is 13.4 Å². The highest BCUT2D eigenvalue weighted by molar-refractivity contribution is 7.91. The lowest BCUT2D eigenvalue weighted by Gasteiger charge is -2.00. The third kappa shape index (κ3) is 3.01. The van der Waals surface area contributed by atoms with Gasteiger partial charge in [-0.1, -0.05) is 18.2 Å². The molecule has 3 aromatic rings. The molecule has 122 valence electrons. The Balaban J connectivity index is 1.79. The van der Waals surface area contributed by atoms with Crippen molar-refractivity contribution in [2.75, 3.05) is 0 Å². The Bertz CT molecular complexity index is 975. The molecule has 1 N–H and O–H groups in total. The minimum Gasteiger partial charge on any atom is -0.449 e. The van der Waals surface area contributed by atoms with Crippen molar-refractivity contribution >= 4 is 21.4 Å². The number of Topliss-reactive ketones (excluding diaryl/α,β-unsaturated/α-hetero) is 2. The number of furan rings is 1. The Morgan fingerprint density at radius 1 is 1.08 bits per heavy atom. The van der Waals surface area contributed by atoms with Gasteiger partial charge in [-0.15, -0.1) is 5.10 Å². The van der Waals surface area contributed by atoms with Crippen LogP contribution in [0.1, 0.15) is 16.4 Å². The number of carbonyl (C=O) groups excluding carboxylic acids is 2. The molecule has 0 aliphatic heterocycles. The maximum Gasteiger partial charge on any atom is 0.268 e. The van der Waals surface area contributed by atoms with E-state index in [1.165, 1.54) is 30.6 Å². The summed E-state index contributed by atoms with van der Waals surface area (Å²) < 4.78 is 30.0. The molecule has 24 heavy (non-hydrogen) atoms. The molecular formula is C15H11N3O5S. The van der Waals surface area contributed by atoms with Crippen molar-refractivity contribution in [3.05, 3.63) is 60.4 Å². The predicted molar refractivity (Wildman–Crippen MR) is 80.0 cm³/mol. The molecule has 0 aliphatic rings. The monoisotopic (exact) mass is 345 g/mol. The van der Waals surface area contributed by atoms with E-state index in [1.807, 2.05) is 0 Å². The first-order valence-corrected chi connectivity index (χ1v) is 8.29. The lowest BCUT2D eigenvalue weighted by molar-refractivity contribution is -0.114. The third-order valence-electron chi connectivity index (χ3n) is 3.16. The fourth-order valence-electron chi connectivity index (χ4n) is 1.99. The molecule has 0 unspecified atom stereocenters. The summed E-state index contributed by atoms with van der Waals surface area (Å²) in [6.07, 6.45) is 0.801. The summed E-state index contributed by atoms with van der Waals surface area (Å²) >= 11 is 0. The molecule has 0 bridgehead atoms. The van der Waals surface area contributed by atoms with Gasteiger partial charge >= 0.3 is 0 Å². The molecule has 0 amide bonds. The quantitative estimate of drug-likeness (QED) is 0.526. The fourth-order valence-corrected chi connectivity index (χ4v) is 3.21. The number of sulfone groups is 1. The van der Waals surface area contributed by atoms with Crippen molar-refractivity contribution in [2.45, 2.75) is 16.4 Å². The fraction of sp³-hybridized carbons (Fsp3) is 0.0667. The van der Waals surface area contributed by atoms with Gasteiger partial charge in [0.25, 0.3) is 5.78 Å². The van der Waals surface area contributed by atoms with Crippen LogP contribution >= 0.6 is 0 Å². The van der Waals surface area contributed by atoms with Gasteiger partial charge in [0.1, 0.15) is 12.1 Å². The van der Waals surface area contributed by atoms with Gasteiger partial charge < -0.3 is 4.42 Å². The number of carbonyl (C=O) groups is 2. The summed E-state index contributed by atoms with van der Waals surface area (Å²) in [5.74, 6) is -1.85. The van der Waals surface area contributed by atoms with Gasteiger partial charge in [-0.2, -0.15) is 0 Å². The zero-order valence-electron chi connectivity index (χ0n) is 12.2. The number of nitrogens with one attached hydrogen (secondary N) is 1. The standard InChI is InChI=1S/C15H11N3O5S/c19-12(14(20)15-16-9-17-18-15)8-10-6-7-13(23-10)24(21,22)11-4-2-1-3-5-11/h1-7,9H,8H2,(H,16,17,18). The van der Waals surface area contributed by atoms with Gasteiger partial charge in [0, 0.05) is 0 Å². The van der Waals surface area contributed by atoms with Crippen molar-refractivity contribution in [1.82, 2.24) is 15.2 Å². The van der Waals surface area contributed by atoms with E-state index in [9.17, 15) is 18.0 Å². The van der Waals surface area contributed by atoms with Crippen LogP contribution in [0.4, 0.5) is 0 Å². The van der Waals surface area contributed by atoms with Gasteiger partial charge in [0.2, 0.25) is 26.5 Å². The van der Waals surface area contributed by atoms with E-state index in [1.54, 1.807) is 18.2 Å². The van der Waals surface area contributed by atoms with Gasteiger partial charge in [-0.05, 0) is 24.3 Å². The highest BCUT2D eigenvalue weighted by Gasteiger charge is 2.24. The summed E-state index contributed by atoms with van der Waals surface area (Å²) in [6, 6.07) is 10.4. The molecule has 2 heterocycles. The molecule has 0 fully saturated rings. The Labute approximate surface area is 136 Å². The number of hydrogen-bond acceptors (Lipinski definition) is 7. The van der Waals surface area contributed by atoms with E-state index in [4.69, 9.17) is 4.42 Å². The van der Waals surface area contributed by atoms with E-state index < -0.39 is 21.4 Å². The van der Waals surface area contributed by atoms with Gasteiger partial charge in [-0.3, -0.25) is 14.7 Å². The minimum absolute atomic E-state index is 0.0680. The topological polar surface area (TPSA) is 123 Å². The van der Waals surface area contributed by atoms with Crippen LogP contribution in [0.3, 0.4) is 0 Å². The number of nitrogens with zero attached hydrogens (tertiary/aromatic N) is 2. The van der Waals surface area contributed by atoms with Crippen LogP contribution in [0.2, 0.25) is 0 Å². The number of benzene rings is 1. The second-order valence-electron chi connectivity index (χ2n) is 4.79. The van der Waals surface area contributed by atoms with E-state index in [0.717, 1.165) is 0 Å². The van der Waals surface area contributed by atoms with E-state index in [-0.39, 0.29) is 28.0 Å². The molecule has 9 heteroatoms. The molecule has 0 radical (unpaired) electrons. The molecule has 0 aliphatic carbocycles. The second-order valence-corrected chi connectivity index (χ2v) is 6.67. The molecule has 0 saturated heterocycles. The molecule has 1 aromatic carbocycles. The first-order chi connectivity index (χ1) is 11.5. The lowest BCUT2D eigenvalue weighted by Crippen LogP contribution is -2.17. The summed E-state index contributed by atoms with van der Waals surface area (Å²) in [6.45, 7) is 0. The number of ketones is 2. The highest BCUT2D eigenvalue weighted by atomic mass is 32.2. The van der Waals surface area contributed by atoms with Crippen molar-refractivity contribution < 1.29 is 22.4 Å². The molecule has 2 aromatic heterocycles. The normalized spacial score (nSPS) is 11.3. The number of aromatic nitrogens is 3. The van der Waals surface area contributed by atoms with Gasteiger partial charge in [0.15, 0.2) is 0 Å². The number of hydrogen-bond donors (Lipinski definition) is 1. The van der Waals surface area contributed by atoms with Crippen LogP contribution in [0.5, 0.6) is 0 Å². The first kappa shape index (κ1) is 15.8. The van der Waals surface area contributed by atoms with E-state index >= 15 is 0 Å². The van der Waals surface area contributed by atoms with Crippen LogP contribution < -0.4 is 0 Å². The van der Waals surface area contributed by atoms with Crippen molar-refractivity contribution in [2.24, 2.45) is 0 Å². The van der Waals surface area contributed by atoms with Crippen molar-refractivity contribution in [3.8, 4) is 0 Å². The maximum atomic E-state index is 12.4. The van der Waals surface area contributed by atoms with Crippen LogP contribution in [-0.2, 0) is 21.1 Å². The zero-order chi connectivity index (χ0) is 17.2. The summed E-state index contributed by atoms with van der Waals surface area (Å²) in [5.41, 5.74) is 0. The number of rotatable bonds is 6. The van der Waals surface area contributed by atoms with Crippen molar-refractivity contribution in [3.63, 3.8) is 0 Å².